The molecule has 1 aromatic carbocycles. The van der Waals surface area contributed by atoms with Gasteiger partial charge < -0.3 is 5.32 Å². The first-order valence-electron chi connectivity index (χ1n) is 9.39. The molecule has 1 aliphatic heterocycles. The van der Waals surface area contributed by atoms with Gasteiger partial charge in [-0.25, -0.2) is 16.8 Å². The zero-order valence-electron chi connectivity index (χ0n) is 17.1. The molecule has 0 spiro atoms. The molecule has 12 heteroatoms. The van der Waals surface area contributed by atoms with Crippen molar-refractivity contribution >= 4 is 31.6 Å². The average Bonchev–Trinajstić information content (AvgIpc) is 2.93. The summed E-state index contributed by atoms with van der Waals surface area (Å²) in [6.07, 6.45) is 3.09. The summed E-state index contributed by atoms with van der Waals surface area (Å²) in [5, 5.41) is 6.53. The molecule has 0 saturated carbocycles. The highest BCUT2D eigenvalue weighted by atomic mass is 32.2. The van der Waals surface area contributed by atoms with Crippen LogP contribution in [0.25, 0.3) is 0 Å². The molecule has 164 valence electrons. The summed E-state index contributed by atoms with van der Waals surface area (Å²) >= 11 is 0. The van der Waals surface area contributed by atoms with Gasteiger partial charge in [0.1, 0.15) is 4.90 Å². The third-order valence-corrected chi connectivity index (χ3v) is 8.76. The molecular formula is C18H25N5O5S2. The van der Waals surface area contributed by atoms with Gasteiger partial charge in [0.05, 0.1) is 11.1 Å². The van der Waals surface area contributed by atoms with Gasteiger partial charge in [-0.15, -0.1) is 0 Å². The van der Waals surface area contributed by atoms with Gasteiger partial charge in [0.2, 0.25) is 26.0 Å². The Balaban J connectivity index is 1.80. The predicted octanol–water partition coefficient (Wildman–Crippen LogP) is 0.772. The van der Waals surface area contributed by atoms with Gasteiger partial charge in [0.15, 0.2) is 0 Å². The second kappa shape index (κ2) is 8.46. The Morgan fingerprint density at radius 1 is 1.03 bits per heavy atom. The minimum absolute atomic E-state index is 0.0503. The smallest absolute Gasteiger partial charge is 0.246 e. The third-order valence-electron chi connectivity index (χ3n) is 4.85. The lowest BCUT2D eigenvalue weighted by molar-refractivity contribution is -0.114. The lowest BCUT2D eigenvalue weighted by Crippen LogP contribution is -2.37. The lowest BCUT2D eigenvalue weighted by Gasteiger charge is -2.22. The van der Waals surface area contributed by atoms with Gasteiger partial charge in [-0.1, -0.05) is 0 Å². The Bertz CT molecular complexity index is 1160. The number of hydrogen-bond donors (Lipinski definition) is 1. The maximum atomic E-state index is 13.2. The number of amides is 1. The van der Waals surface area contributed by atoms with Crippen LogP contribution in [0.1, 0.15) is 18.9 Å². The molecule has 2 aromatic rings. The SMILES string of the molecule is CC(=O)Nc1ccc(S(=O)(=O)N2CCCN(S(=O)(=O)c3cnn(C)c3)CC2)c(C)c1. The van der Waals surface area contributed by atoms with E-state index in [2.05, 4.69) is 10.4 Å². The highest BCUT2D eigenvalue weighted by Crippen LogP contribution is 2.25. The zero-order chi connectivity index (χ0) is 22.1. The first-order chi connectivity index (χ1) is 14.0. The number of aromatic nitrogens is 2. The number of nitrogens with zero attached hydrogens (tertiary/aromatic N) is 4. The normalized spacial score (nSPS) is 16.9. The Morgan fingerprint density at radius 3 is 2.20 bits per heavy atom. The number of nitrogens with one attached hydrogen (secondary N) is 1. The van der Waals surface area contributed by atoms with Gasteiger partial charge in [0, 0.05) is 52.0 Å². The molecule has 0 bridgehead atoms. The standard InChI is InChI=1S/C18H25N5O5S2/c1-14-11-16(20-15(2)24)5-6-18(14)30(27,28)23-8-4-7-22(9-10-23)29(25,26)17-12-19-21(3)13-17/h5-6,11-13H,4,7-10H2,1-3H3,(H,20,24). The van der Waals surface area contributed by atoms with Crippen LogP contribution in [0, 0.1) is 6.92 Å². The van der Waals surface area contributed by atoms with Crippen LogP contribution in [-0.4, -0.2) is 67.3 Å². The molecule has 1 amide bonds. The van der Waals surface area contributed by atoms with E-state index in [1.165, 1.54) is 44.7 Å². The molecule has 10 nitrogen and oxygen atoms in total. The lowest BCUT2D eigenvalue weighted by atomic mass is 10.2. The number of carbonyl (C=O) groups is 1. The monoisotopic (exact) mass is 455 g/mol. The number of sulfonamides is 2. The average molecular weight is 456 g/mol. The maximum absolute atomic E-state index is 13.2. The molecule has 0 radical (unpaired) electrons. The molecule has 1 saturated heterocycles. The number of rotatable bonds is 5. The van der Waals surface area contributed by atoms with Crippen molar-refractivity contribution in [3.05, 3.63) is 36.2 Å². The van der Waals surface area contributed by atoms with Crippen LogP contribution in [-0.2, 0) is 31.9 Å². The molecule has 2 heterocycles. The molecule has 0 atom stereocenters. The van der Waals surface area contributed by atoms with Crippen molar-refractivity contribution in [2.75, 3.05) is 31.5 Å². The Morgan fingerprint density at radius 2 is 1.67 bits per heavy atom. The van der Waals surface area contributed by atoms with E-state index in [4.69, 9.17) is 0 Å². The van der Waals surface area contributed by atoms with Crippen LogP contribution in [0.2, 0.25) is 0 Å². The van der Waals surface area contributed by atoms with E-state index in [0.717, 1.165) is 0 Å². The number of aryl methyl sites for hydroxylation is 2. The molecule has 3 rings (SSSR count). The van der Waals surface area contributed by atoms with Crippen LogP contribution >= 0.6 is 0 Å². The van der Waals surface area contributed by atoms with E-state index < -0.39 is 20.0 Å². The van der Waals surface area contributed by atoms with Gasteiger partial charge in [-0.2, -0.15) is 13.7 Å². The fraction of sp³-hybridized carbons (Fsp3) is 0.444. The van der Waals surface area contributed by atoms with Crippen LogP contribution in [0.5, 0.6) is 0 Å². The quantitative estimate of drug-likeness (QED) is 0.711. The molecular weight excluding hydrogens is 430 g/mol. The fourth-order valence-corrected chi connectivity index (χ4v) is 6.52. The summed E-state index contributed by atoms with van der Waals surface area (Å²) in [6.45, 7) is 3.59. The minimum Gasteiger partial charge on any atom is -0.326 e. The molecule has 0 aliphatic carbocycles. The molecule has 30 heavy (non-hydrogen) atoms. The second-order valence-electron chi connectivity index (χ2n) is 7.17. The second-order valence-corrected chi connectivity index (χ2v) is 11.0. The van der Waals surface area contributed by atoms with E-state index in [1.54, 1.807) is 20.0 Å². The van der Waals surface area contributed by atoms with Crippen molar-refractivity contribution < 1.29 is 21.6 Å². The minimum atomic E-state index is -3.81. The Kier molecular flexibility index (Phi) is 6.32. The number of benzene rings is 1. The molecule has 1 fully saturated rings. The Hall–Kier alpha value is -2.28. The van der Waals surface area contributed by atoms with Crippen molar-refractivity contribution in [3.63, 3.8) is 0 Å². The maximum Gasteiger partial charge on any atom is 0.246 e. The summed E-state index contributed by atoms with van der Waals surface area (Å²) in [4.78, 5) is 11.4. The van der Waals surface area contributed by atoms with E-state index in [1.807, 2.05) is 0 Å². The van der Waals surface area contributed by atoms with Crippen LogP contribution in [0.15, 0.2) is 40.4 Å². The molecule has 1 aromatic heterocycles. The van der Waals surface area contributed by atoms with Gasteiger partial charge in [0.25, 0.3) is 0 Å². The highest BCUT2D eigenvalue weighted by molar-refractivity contribution is 7.89. The van der Waals surface area contributed by atoms with Crippen LogP contribution in [0.3, 0.4) is 0 Å². The molecule has 0 unspecified atom stereocenters. The fourth-order valence-electron chi connectivity index (χ4n) is 3.39. The summed E-state index contributed by atoms with van der Waals surface area (Å²) < 4.78 is 56.0. The summed E-state index contributed by atoms with van der Waals surface area (Å²) in [6, 6.07) is 4.61. The summed E-state index contributed by atoms with van der Waals surface area (Å²) in [5.74, 6) is -0.243. The van der Waals surface area contributed by atoms with Gasteiger partial charge >= 0.3 is 0 Å². The first kappa shape index (κ1) is 22.4. The van der Waals surface area contributed by atoms with Crippen molar-refractivity contribution in [2.45, 2.75) is 30.1 Å². The van der Waals surface area contributed by atoms with Crippen molar-refractivity contribution in [1.29, 1.82) is 0 Å². The topological polar surface area (TPSA) is 122 Å². The van der Waals surface area contributed by atoms with Crippen molar-refractivity contribution in [3.8, 4) is 0 Å². The predicted molar refractivity (Wildman–Crippen MR) is 111 cm³/mol. The van der Waals surface area contributed by atoms with Crippen molar-refractivity contribution in [1.82, 2.24) is 18.4 Å². The summed E-state index contributed by atoms with van der Waals surface area (Å²) in [7, 11) is -5.91. The largest absolute Gasteiger partial charge is 0.326 e. The Labute approximate surface area is 176 Å². The number of anilines is 1. The summed E-state index contributed by atoms with van der Waals surface area (Å²) in [5.41, 5.74) is 1.02. The molecule has 1 aliphatic rings. The van der Waals surface area contributed by atoms with E-state index >= 15 is 0 Å². The third kappa shape index (κ3) is 4.56. The van der Waals surface area contributed by atoms with E-state index in [0.29, 0.717) is 17.7 Å². The van der Waals surface area contributed by atoms with Crippen LogP contribution < -0.4 is 5.32 Å². The van der Waals surface area contributed by atoms with Crippen LogP contribution in [0.4, 0.5) is 5.69 Å². The van der Waals surface area contributed by atoms with Gasteiger partial charge in [-0.05, 0) is 37.1 Å². The number of carbonyl (C=O) groups excluding carboxylic acids is 1. The number of hydrogen-bond acceptors (Lipinski definition) is 6. The van der Waals surface area contributed by atoms with E-state index in [-0.39, 0.29) is 41.9 Å². The van der Waals surface area contributed by atoms with Gasteiger partial charge in [-0.3, -0.25) is 9.48 Å². The highest BCUT2D eigenvalue weighted by Gasteiger charge is 2.32. The first-order valence-corrected chi connectivity index (χ1v) is 12.3. The van der Waals surface area contributed by atoms with E-state index in [9.17, 15) is 21.6 Å². The molecule has 1 N–H and O–H groups in total. The zero-order valence-corrected chi connectivity index (χ0v) is 18.7. The van der Waals surface area contributed by atoms with Crippen molar-refractivity contribution in [2.24, 2.45) is 7.05 Å².